The summed E-state index contributed by atoms with van der Waals surface area (Å²) in [6.07, 6.45) is 3.54. The van der Waals surface area contributed by atoms with E-state index in [9.17, 15) is 14.9 Å². The Labute approximate surface area is 155 Å². The Morgan fingerprint density at radius 3 is 2.46 bits per heavy atom. The highest BCUT2D eigenvalue weighted by Gasteiger charge is 2.37. The molecule has 8 heteroatoms. The predicted molar refractivity (Wildman–Crippen MR) is 97.5 cm³/mol. The fourth-order valence-electron chi connectivity index (χ4n) is 3.27. The summed E-state index contributed by atoms with van der Waals surface area (Å²) in [6, 6.07) is 1.45. The summed E-state index contributed by atoms with van der Waals surface area (Å²) in [5.74, 6) is -0.258. The average molecular weight is 365 g/mol. The van der Waals surface area contributed by atoms with E-state index in [1.165, 1.54) is 0 Å². The number of hydrogen-bond acceptors (Lipinski definition) is 5. The molecule has 0 saturated carbocycles. The summed E-state index contributed by atoms with van der Waals surface area (Å²) in [4.78, 5) is 29.1. The average Bonchev–Trinajstić information content (AvgIpc) is 2.67. The summed E-state index contributed by atoms with van der Waals surface area (Å²) in [7, 11) is 2.01. The van der Waals surface area contributed by atoms with E-state index in [0.717, 1.165) is 25.9 Å². The SMILES string of the molecule is CCCCC(NC(=O)N1CCOCC1)C(=O)NC1(C#N)CCN(C)CC1. The number of carbonyl (C=O) groups is 2. The lowest BCUT2D eigenvalue weighted by Crippen LogP contribution is -2.59. The minimum Gasteiger partial charge on any atom is -0.378 e. The van der Waals surface area contributed by atoms with Crippen LogP contribution < -0.4 is 10.6 Å². The normalized spacial score (nSPS) is 21.5. The van der Waals surface area contributed by atoms with Crippen LogP contribution in [-0.2, 0) is 9.53 Å². The van der Waals surface area contributed by atoms with E-state index in [1.807, 2.05) is 14.0 Å². The Balaban J connectivity index is 1.98. The lowest BCUT2D eigenvalue weighted by molar-refractivity contribution is -0.125. The minimum absolute atomic E-state index is 0.237. The number of ether oxygens (including phenoxy) is 1. The lowest BCUT2D eigenvalue weighted by atomic mass is 9.88. The number of hydrogen-bond donors (Lipinski definition) is 2. The van der Waals surface area contributed by atoms with Gasteiger partial charge in [0.1, 0.15) is 11.6 Å². The van der Waals surface area contributed by atoms with Gasteiger partial charge in [0.15, 0.2) is 0 Å². The second-order valence-corrected chi connectivity index (χ2v) is 7.23. The third-order valence-corrected chi connectivity index (χ3v) is 5.18. The molecular formula is C18H31N5O3. The Kier molecular flexibility index (Phi) is 7.66. The maximum Gasteiger partial charge on any atom is 0.318 e. The second-order valence-electron chi connectivity index (χ2n) is 7.23. The van der Waals surface area contributed by atoms with E-state index in [0.29, 0.717) is 45.6 Å². The van der Waals surface area contributed by atoms with E-state index in [4.69, 9.17) is 4.74 Å². The van der Waals surface area contributed by atoms with Crippen molar-refractivity contribution in [2.75, 3.05) is 46.4 Å². The Bertz CT molecular complexity index is 519. The molecule has 1 atom stereocenters. The molecule has 2 aliphatic heterocycles. The number of nitriles is 1. The van der Waals surface area contributed by atoms with Crippen LogP contribution in [0.3, 0.4) is 0 Å². The summed E-state index contributed by atoms with van der Waals surface area (Å²) in [5, 5.41) is 15.4. The molecule has 0 aromatic heterocycles. The number of likely N-dealkylation sites (tertiary alicyclic amines) is 1. The van der Waals surface area contributed by atoms with Crippen LogP contribution in [0.25, 0.3) is 0 Å². The van der Waals surface area contributed by atoms with Crippen molar-refractivity contribution >= 4 is 11.9 Å². The highest BCUT2D eigenvalue weighted by molar-refractivity contribution is 5.87. The maximum absolute atomic E-state index is 12.8. The minimum atomic E-state index is -0.836. The van der Waals surface area contributed by atoms with E-state index in [-0.39, 0.29) is 11.9 Å². The molecule has 2 saturated heterocycles. The van der Waals surface area contributed by atoms with Gasteiger partial charge in [-0.3, -0.25) is 4.79 Å². The van der Waals surface area contributed by atoms with E-state index < -0.39 is 11.6 Å². The Hall–Kier alpha value is -1.85. The fraction of sp³-hybridized carbons (Fsp3) is 0.833. The van der Waals surface area contributed by atoms with E-state index in [1.54, 1.807) is 4.90 Å². The van der Waals surface area contributed by atoms with Crippen molar-refractivity contribution < 1.29 is 14.3 Å². The third kappa shape index (κ3) is 5.58. The van der Waals surface area contributed by atoms with Gasteiger partial charge < -0.3 is 25.2 Å². The molecule has 146 valence electrons. The van der Waals surface area contributed by atoms with Gasteiger partial charge in [0, 0.05) is 26.2 Å². The Morgan fingerprint density at radius 2 is 1.88 bits per heavy atom. The number of rotatable bonds is 6. The topological polar surface area (TPSA) is 97.7 Å². The summed E-state index contributed by atoms with van der Waals surface area (Å²) in [5.41, 5.74) is -0.836. The second kappa shape index (κ2) is 9.74. The first-order valence-corrected chi connectivity index (χ1v) is 9.54. The number of carbonyl (C=O) groups excluding carboxylic acids is 2. The molecule has 2 rings (SSSR count). The van der Waals surface area contributed by atoms with Gasteiger partial charge in [0.2, 0.25) is 5.91 Å². The van der Waals surface area contributed by atoms with E-state index in [2.05, 4.69) is 21.6 Å². The first-order valence-electron chi connectivity index (χ1n) is 9.54. The molecule has 0 aliphatic carbocycles. The van der Waals surface area contributed by atoms with Crippen molar-refractivity contribution in [1.29, 1.82) is 5.26 Å². The zero-order valence-corrected chi connectivity index (χ0v) is 15.9. The van der Waals surface area contributed by atoms with Gasteiger partial charge in [-0.2, -0.15) is 5.26 Å². The Morgan fingerprint density at radius 1 is 1.23 bits per heavy atom. The maximum atomic E-state index is 12.8. The molecule has 0 bridgehead atoms. The molecule has 0 radical (unpaired) electrons. The van der Waals surface area contributed by atoms with Gasteiger partial charge in [-0.15, -0.1) is 0 Å². The molecule has 2 heterocycles. The van der Waals surface area contributed by atoms with Crippen molar-refractivity contribution in [2.45, 2.75) is 50.6 Å². The summed E-state index contributed by atoms with van der Waals surface area (Å²) >= 11 is 0. The van der Waals surface area contributed by atoms with Crippen LogP contribution in [0, 0.1) is 11.3 Å². The van der Waals surface area contributed by atoms with Gasteiger partial charge in [0.05, 0.1) is 19.3 Å². The van der Waals surface area contributed by atoms with Gasteiger partial charge in [-0.05, 0) is 26.3 Å². The smallest absolute Gasteiger partial charge is 0.318 e. The first-order chi connectivity index (χ1) is 12.5. The number of nitrogens with one attached hydrogen (secondary N) is 2. The molecule has 8 nitrogen and oxygen atoms in total. The number of unbranched alkanes of at least 4 members (excludes halogenated alkanes) is 1. The zero-order valence-electron chi connectivity index (χ0n) is 15.9. The monoisotopic (exact) mass is 365 g/mol. The van der Waals surface area contributed by atoms with Crippen LogP contribution in [0.4, 0.5) is 4.79 Å². The highest BCUT2D eigenvalue weighted by Crippen LogP contribution is 2.21. The van der Waals surface area contributed by atoms with Crippen molar-refractivity contribution in [2.24, 2.45) is 0 Å². The van der Waals surface area contributed by atoms with Crippen LogP contribution in [0.2, 0.25) is 0 Å². The van der Waals surface area contributed by atoms with Crippen LogP contribution in [0.1, 0.15) is 39.0 Å². The highest BCUT2D eigenvalue weighted by atomic mass is 16.5. The summed E-state index contributed by atoms with van der Waals surface area (Å²) in [6.45, 7) is 5.69. The molecule has 2 aliphatic rings. The van der Waals surface area contributed by atoms with Crippen LogP contribution in [-0.4, -0.2) is 79.8 Å². The molecule has 2 fully saturated rings. The number of urea groups is 1. The van der Waals surface area contributed by atoms with Gasteiger partial charge in [-0.1, -0.05) is 19.8 Å². The van der Waals surface area contributed by atoms with Gasteiger partial charge >= 0.3 is 6.03 Å². The molecule has 2 N–H and O–H groups in total. The van der Waals surface area contributed by atoms with Crippen LogP contribution >= 0.6 is 0 Å². The van der Waals surface area contributed by atoms with Gasteiger partial charge in [-0.25, -0.2) is 4.79 Å². The largest absolute Gasteiger partial charge is 0.378 e. The molecular weight excluding hydrogens is 334 g/mol. The summed E-state index contributed by atoms with van der Waals surface area (Å²) < 4.78 is 5.26. The number of morpholine rings is 1. The molecule has 1 unspecified atom stereocenters. The van der Waals surface area contributed by atoms with Crippen molar-refractivity contribution in [1.82, 2.24) is 20.4 Å². The number of amides is 3. The first kappa shape index (κ1) is 20.5. The van der Waals surface area contributed by atoms with Crippen molar-refractivity contribution in [3.8, 4) is 6.07 Å². The zero-order chi connectivity index (χ0) is 19.0. The predicted octanol–water partition coefficient (Wildman–Crippen LogP) is 0.691. The molecule has 26 heavy (non-hydrogen) atoms. The fourth-order valence-corrected chi connectivity index (χ4v) is 3.27. The third-order valence-electron chi connectivity index (χ3n) is 5.18. The van der Waals surface area contributed by atoms with Crippen molar-refractivity contribution in [3.05, 3.63) is 0 Å². The molecule has 0 spiro atoms. The standard InChI is InChI=1S/C18H31N5O3/c1-3-4-5-15(20-17(25)23-10-12-26-13-11-23)16(24)21-18(14-19)6-8-22(2)9-7-18/h15H,3-13H2,1-2H3,(H,20,25)(H,21,24). The van der Waals surface area contributed by atoms with Crippen molar-refractivity contribution in [3.63, 3.8) is 0 Å². The molecule has 0 aromatic rings. The lowest BCUT2D eigenvalue weighted by Gasteiger charge is -2.37. The van der Waals surface area contributed by atoms with Crippen LogP contribution in [0.15, 0.2) is 0 Å². The number of nitrogens with zero attached hydrogens (tertiary/aromatic N) is 3. The van der Waals surface area contributed by atoms with Gasteiger partial charge in [0.25, 0.3) is 0 Å². The molecule has 0 aromatic carbocycles. The van der Waals surface area contributed by atoms with E-state index >= 15 is 0 Å². The number of piperidine rings is 1. The quantitative estimate of drug-likeness (QED) is 0.722. The van der Waals surface area contributed by atoms with Crippen LogP contribution in [0.5, 0.6) is 0 Å². The molecule has 3 amide bonds.